The Bertz CT molecular complexity index is 617. The van der Waals surface area contributed by atoms with Crippen molar-refractivity contribution >= 4 is 29.1 Å². The van der Waals surface area contributed by atoms with Gasteiger partial charge in [0.15, 0.2) is 0 Å². The van der Waals surface area contributed by atoms with Crippen LogP contribution in [0.2, 0.25) is 5.02 Å². The van der Waals surface area contributed by atoms with Crippen molar-refractivity contribution in [1.29, 1.82) is 0 Å². The SMILES string of the molecule is CC(C)(C)CC(C)(C)NC(=O)[C@@H]1CC(=O)N(c2ccc(Cl)cc2)C1. The third kappa shape index (κ3) is 4.97. The van der Waals surface area contributed by atoms with Crippen LogP contribution >= 0.6 is 11.6 Å². The van der Waals surface area contributed by atoms with E-state index in [9.17, 15) is 9.59 Å². The molecule has 4 nitrogen and oxygen atoms in total. The second-order valence-electron chi connectivity index (χ2n) is 8.49. The lowest BCUT2D eigenvalue weighted by Gasteiger charge is -2.34. The molecular weight excluding hydrogens is 324 g/mol. The Morgan fingerprint density at radius 2 is 1.79 bits per heavy atom. The summed E-state index contributed by atoms with van der Waals surface area (Å²) < 4.78 is 0. The van der Waals surface area contributed by atoms with E-state index >= 15 is 0 Å². The van der Waals surface area contributed by atoms with Gasteiger partial charge in [-0.25, -0.2) is 0 Å². The number of anilines is 1. The van der Waals surface area contributed by atoms with Crippen LogP contribution in [0.1, 0.15) is 47.5 Å². The van der Waals surface area contributed by atoms with E-state index in [1.165, 1.54) is 0 Å². The zero-order valence-electron chi connectivity index (χ0n) is 15.1. The molecule has 0 bridgehead atoms. The number of hydrogen-bond acceptors (Lipinski definition) is 2. The fourth-order valence-electron chi connectivity index (χ4n) is 3.56. The minimum Gasteiger partial charge on any atom is -0.351 e. The maximum atomic E-state index is 12.6. The molecule has 132 valence electrons. The molecule has 5 heteroatoms. The first-order valence-corrected chi connectivity index (χ1v) is 8.73. The summed E-state index contributed by atoms with van der Waals surface area (Å²) in [6.07, 6.45) is 1.12. The number of carbonyl (C=O) groups is 2. The van der Waals surface area contributed by atoms with Crippen LogP contribution in [0.5, 0.6) is 0 Å². The average Bonchev–Trinajstić information content (AvgIpc) is 2.78. The maximum Gasteiger partial charge on any atom is 0.227 e. The van der Waals surface area contributed by atoms with Crippen LogP contribution in [0.25, 0.3) is 0 Å². The summed E-state index contributed by atoms with van der Waals surface area (Å²) in [5.74, 6) is -0.382. The van der Waals surface area contributed by atoms with Crippen LogP contribution in [0.3, 0.4) is 0 Å². The van der Waals surface area contributed by atoms with Crippen molar-refractivity contribution < 1.29 is 9.59 Å². The lowest BCUT2D eigenvalue weighted by Crippen LogP contribution is -2.48. The van der Waals surface area contributed by atoms with Crippen LogP contribution in [-0.4, -0.2) is 23.9 Å². The first kappa shape index (κ1) is 18.8. The van der Waals surface area contributed by atoms with Crippen LogP contribution in [0, 0.1) is 11.3 Å². The van der Waals surface area contributed by atoms with Crippen LogP contribution in [0.15, 0.2) is 24.3 Å². The van der Waals surface area contributed by atoms with Crippen molar-refractivity contribution in [3.63, 3.8) is 0 Å². The van der Waals surface area contributed by atoms with Gasteiger partial charge in [0.2, 0.25) is 11.8 Å². The number of nitrogens with zero attached hydrogens (tertiary/aromatic N) is 1. The zero-order chi connectivity index (χ0) is 18.1. The summed E-state index contributed by atoms with van der Waals surface area (Å²) in [7, 11) is 0. The highest BCUT2D eigenvalue weighted by atomic mass is 35.5. The topological polar surface area (TPSA) is 49.4 Å². The van der Waals surface area contributed by atoms with Gasteiger partial charge in [0.05, 0.1) is 5.92 Å². The minimum absolute atomic E-state index is 0.0221. The van der Waals surface area contributed by atoms with E-state index in [2.05, 4.69) is 26.1 Å². The van der Waals surface area contributed by atoms with Gasteiger partial charge in [0.1, 0.15) is 0 Å². The summed E-state index contributed by atoms with van der Waals surface area (Å²) in [5, 5.41) is 3.75. The number of carbonyl (C=O) groups excluding carboxylic acids is 2. The molecule has 1 aromatic rings. The highest BCUT2D eigenvalue weighted by Gasteiger charge is 2.37. The van der Waals surface area contributed by atoms with Crippen molar-refractivity contribution in [2.24, 2.45) is 11.3 Å². The van der Waals surface area contributed by atoms with E-state index in [1.807, 2.05) is 26.0 Å². The van der Waals surface area contributed by atoms with E-state index in [1.54, 1.807) is 17.0 Å². The zero-order valence-corrected chi connectivity index (χ0v) is 15.9. The summed E-state index contributed by atoms with van der Waals surface area (Å²) in [4.78, 5) is 26.6. The number of benzene rings is 1. The van der Waals surface area contributed by atoms with Gasteiger partial charge < -0.3 is 10.2 Å². The van der Waals surface area contributed by atoms with Crippen LogP contribution in [0.4, 0.5) is 5.69 Å². The van der Waals surface area contributed by atoms with Gasteiger partial charge in [-0.3, -0.25) is 9.59 Å². The molecule has 1 saturated heterocycles. The van der Waals surface area contributed by atoms with Gasteiger partial charge in [0.25, 0.3) is 0 Å². The summed E-state index contributed by atoms with van der Waals surface area (Å²) in [6.45, 7) is 10.9. The Labute approximate surface area is 149 Å². The highest BCUT2D eigenvalue weighted by molar-refractivity contribution is 6.30. The largest absolute Gasteiger partial charge is 0.351 e. The van der Waals surface area contributed by atoms with Gasteiger partial charge >= 0.3 is 0 Å². The fraction of sp³-hybridized carbons (Fsp3) is 0.579. The molecule has 1 aliphatic heterocycles. The molecule has 0 saturated carbocycles. The first-order chi connectivity index (χ1) is 11.0. The molecule has 2 rings (SSSR count). The number of nitrogens with one attached hydrogen (secondary N) is 1. The van der Waals surface area contributed by atoms with E-state index < -0.39 is 0 Å². The van der Waals surface area contributed by atoms with Crippen molar-refractivity contribution in [3.8, 4) is 0 Å². The molecule has 0 unspecified atom stereocenters. The quantitative estimate of drug-likeness (QED) is 0.891. The van der Waals surface area contributed by atoms with E-state index in [4.69, 9.17) is 11.6 Å². The molecule has 1 atom stereocenters. The third-order valence-corrected chi connectivity index (χ3v) is 4.32. The molecule has 1 heterocycles. The molecule has 2 amide bonds. The van der Waals surface area contributed by atoms with Crippen molar-refractivity contribution in [1.82, 2.24) is 5.32 Å². The fourth-order valence-corrected chi connectivity index (χ4v) is 3.69. The summed E-state index contributed by atoms with van der Waals surface area (Å²) in [6, 6.07) is 7.13. The highest BCUT2D eigenvalue weighted by Crippen LogP contribution is 2.29. The molecule has 1 fully saturated rings. The van der Waals surface area contributed by atoms with E-state index in [0.29, 0.717) is 11.6 Å². The van der Waals surface area contributed by atoms with Crippen molar-refractivity contribution in [2.45, 2.75) is 53.0 Å². The lowest BCUT2D eigenvalue weighted by atomic mass is 9.81. The van der Waals surface area contributed by atoms with E-state index in [-0.39, 0.29) is 35.1 Å². The van der Waals surface area contributed by atoms with Gasteiger partial charge in [-0.2, -0.15) is 0 Å². The Kier molecular flexibility index (Phi) is 5.28. The predicted octanol–water partition coefficient (Wildman–Crippen LogP) is 4.02. The Hall–Kier alpha value is -1.55. The van der Waals surface area contributed by atoms with E-state index in [0.717, 1.165) is 12.1 Å². The van der Waals surface area contributed by atoms with Crippen LogP contribution < -0.4 is 10.2 Å². The van der Waals surface area contributed by atoms with Gasteiger partial charge in [-0.15, -0.1) is 0 Å². The Balaban J connectivity index is 2.02. The number of rotatable bonds is 4. The standard InChI is InChI=1S/C19H27ClN2O2/c1-18(2,3)12-19(4,5)21-17(24)13-10-16(23)22(11-13)15-8-6-14(20)7-9-15/h6-9,13H,10-12H2,1-5H3,(H,21,24)/t13-/m1/s1. The molecule has 1 aromatic carbocycles. The number of amides is 2. The molecule has 0 spiro atoms. The molecule has 0 radical (unpaired) electrons. The second-order valence-corrected chi connectivity index (χ2v) is 8.93. The molecule has 0 aromatic heterocycles. The molecule has 0 aliphatic carbocycles. The molecule has 1 aliphatic rings. The summed E-state index contributed by atoms with van der Waals surface area (Å²) >= 11 is 5.89. The third-order valence-electron chi connectivity index (χ3n) is 4.07. The predicted molar refractivity (Wildman–Crippen MR) is 98.2 cm³/mol. The smallest absolute Gasteiger partial charge is 0.227 e. The average molecular weight is 351 g/mol. The molecular formula is C19H27ClN2O2. The number of hydrogen-bond donors (Lipinski definition) is 1. The molecule has 1 N–H and O–H groups in total. The Morgan fingerprint density at radius 1 is 1.21 bits per heavy atom. The normalized spacial score (nSPS) is 18.8. The van der Waals surface area contributed by atoms with Crippen LogP contribution in [-0.2, 0) is 9.59 Å². The van der Waals surface area contributed by atoms with Gasteiger partial charge in [-0.05, 0) is 49.9 Å². The van der Waals surface area contributed by atoms with Crippen molar-refractivity contribution in [2.75, 3.05) is 11.4 Å². The Morgan fingerprint density at radius 3 is 2.33 bits per heavy atom. The van der Waals surface area contributed by atoms with Gasteiger partial charge in [0, 0.05) is 29.2 Å². The lowest BCUT2D eigenvalue weighted by molar-refractivity contribution is -0.128. The molecule has 24 heavy (non-hydrogen) atoms. The van der Waals surface area contributed by atoms with Gasteiger partial charge in [-0.1, -0.05) is 32.4 Å². The first-order valence-electron chi connectivity index (χ1n) is 8.35. The minimum atomic E-state index is -0.313. The second kappa shape index (κ2) is 6.75. The monoisotopic (exact) mass is 350 g/mol. The summed E-state index contributed by atoms with van der Waals surface area (Å²) in [5.41, 5.74) is 0.609. The maximum absolute atomic E-state index is 12.6. The van der Waals surface area contributed by atoms with Crippen molar-refractivity contribution in [3.05, 3.63) is 29.3 Å². The number of halogens is 1.